The summed E-state index contributed by atoms with van der Waals surface area (Å²) in [5.41, 5.74) is 2.25. The van der Waals surface area contributed by atoms with Crippen molar-refractivity contribution in [1.82, 2.24) is 4.90 Å². The fourth-order valence-corrected chi connectivity index (χ4v) is 5.40. The first kappa shape index (κ1) is 18.4. The van der Waals surface area contributed by atoms with Crippen LogP contribution in [0.25, 0.3) is 0 Å². The van der Waals surface area contributed by atoms with Crippen LogP contribution >= 0.6 is 0 Å². The van der Waals surface area contributed by atoms with Crippen molar-refractivity contribution >= 4 is 21.4 Å². The summed E-state index contributed by atoms with van der Waals surface area (Å²) in [7, 11) is -2.98. The van der Waals surface area contributed by atoms with Crippen LogP contribution in [0, 0.1) is 5.92 Å². The molecule has 3 rings (SSSR count). The van der Waals surface area contributed by atoms with Crippen LogP contribution in [0.5, 0.6) is 0 Å². The number of hydrogen-bond donors (Lipinski definition) is 0. The Labute approximate surface area is 150 Å². The predicted octanol–water partition coefficient (Wildman–Crippen LogP) is 2.11. The Morgan fingerprint density at radius 1 is 1.32 bits per heavy atom. The molecule has 0 aromatic heterocycles. The predicted molar refractivity (Wildman–Crippen MR) is 101 cm³/mol. The van der Waals surface area contributed by atoms with Crippen LogP contribution in [0.4, 0.5) is 5.69 Å². The second-order valence-corrected chi connectivity index (χ2v) is 9.85. The number of benzene rings is 1. The van der Waals surface area contributed by atoms with Crippen LogP contribution in [0.15, 0.2) is 24.3 Å². The van der Waals surface area contributed by atoms with E-state index in [1.165, 1.54) is 11.8 Å². The largest absolute Gasteiger partial charge is 0.308 e. The van der Waals surface area contributed by atoms with Gasteiger partial charge in [-0.05, 0) is 57.2 Å². The zero-order chi connectivity index (χ0) is 18.2. The maximum absolute atomic E-state index is 13.2. The van der Waals surface area contributed by atoms with Crippen molar-refractivity contribution < 1.29 is 13.2 Å². The van der Waals surface area contributed by atoms with Crippen LogP contribution < -0.4 is 4.90 Å². The van der Waals surface area contributed by atoms with Gasteiger partial charge in [0.2, 0.25) is 5.91 Å². The summed E-state index contributed by atoms with van der Waals surface area (Å²) < 4.78 is 23.2. The van der Waals surface area contributed by atoms with Gasteiger partial charge in [-0.15, -0.1) is 0 Å². The number of sulfone groups is 1. The Morgan fingerprint density at radius 3 is 2.76 bits per heavy atom. The van der Waals surface area contributed by atoms with Gasteiger partial charge in [-0.2, -0.15) is 0 Å². The molecule has 1 amide bonds. The molecule has 0 aliphatic carbocycles. The molecule has 0 spiro atoms. The van der Waals surface area contributed by atoms with E-state index in [4.69, 9.17) is 0 Å². The molecule has 0 bridgehead atoms. The molecule has 5 nitrogen and oxygen atoms in total. The Hall–Kier alpha value is -1.40. The molecule has 1 aromatic rings. The highest BCUT2D eigenvalue weighted by Gasteiger charge is 2.36. The second kappa shape index (κ2) is 7.08. The number of para-hydroxylation sites is 1. The molecule has 0 unspecified atom stereocenters. The summed E-state index contributed by atoms with van der Waals surface area (Å²) >= 11 is 0. The monoisotopic (exact) mass is 364 g/mol. The molecule has 1 saturated heterocycles. The molecular weight excluding hydrogens is 336 g/mol. The number of nitrogens with zero attached hydrogens (tertiary/aromatic N) is 2. The third kappa shape index (κ3) is 4.06. The topological polar surface area (TPSA) is 57.7 Å². The van der Waals surface area contributed by atoms with Crippen molar-refractivity contribution in [3.8, 4) is 0 Å². The number of amides is 1. The van der Waals surface area contributed by atoms with E-state index in [1.54, 1.807) is 0 Å². The van der Waals surface area contributed by atoms with Crippen LogP contribution in [0.1, 0.15) is 32.3 Å². The maximum Gasteiger partial charge on any atom is 0.244 e. The number of rotatable bonds is 4. The van der Waals surface area contributed by atoms with Gasteiger partial charge in [0.05, 0.1) is 11.8 Å². The van der Waals surface area contributed by atoms with Gasteiger partial charge in [-0.3, -0.25) is 9.69 Å². The van der Waals surface area contributed by atoms with Crippen LogP contribution in [-0.4, -0.2) is 56.4 Å². The lowest BCUT2D eigenvalue weighted by atomic mass is 9.98. The number of anilines is 1. The van der Waals surface area contributed by atoms with Gasteiger partial charge < -0.3 is 4.90 Å². The van der Waals surface area contributed by atoms with Crippen molar-refractivity contribution in [1.29, 1.82) is 0 Å². The molecule has 6 heteroatoms. The second-order valence-electron chi connectivity index (χ2n) is 7.66. The molecule has 1 fully saturated rings. The first-order valence-electron chi connectivity index (χ1n) is 9.09. The van der Waals surface area contributed by atoms with Gasteiger partial charge >= 0.3 is 0 Å². The molecule has 25 heavy (non-hydrogen) atoms. The zero-order valence-corrected chi connectivity index (χ0v) is 16.1. The third-order valence-corrected chi connectivity index (χ3v) is 6.52. The summed E-state index contributed by atoms with van der Waals surface area (Å²) in [6.07, 6.45) is 4.06. The maximum atomic E-state index is 13.2. The normalized spacial score (nSPS) is 25.6. The molecule has 3 atom stereocenters. The third-order valence-electron chi connectivity index (χ3n) is 5.44. The SMILES string of the molecule is C[C@H](C(=O)N1c2ccccc2C[C@H]1C)N1CCC[C@@H](CS(C)(=O)=O)C1. The molecule has 138 valence electrons. The van der Waals surface area contributed by atoms with Gasteiger partial charge in [-0.1, -0.05) is 18.2 Å². The first-order valence-corrected chi connectivity index (χ1v) is 11.1. The summed E-state index contributed by atoms with van der Waals surface area (Å²) in [6.45, 7) is 5.59. The van der Waals surface area contributed by atoms with Crippen molar-refractivity contribution in [3.63, 3.8) is 0 Å². The zero-order valence-electron chi connectivity index (χ0n) is 15.3. The van der Waals surface area contributed by atoms with Crippen LogP contribution in [0.3, 0.4) is 0 Å². The molecule has 2 aliphatic heterocycles. The Morgan fingerprint density at radius 2 is 2.04 bits per heavy atom. The van der Waals surface area contributed by atoms with E-state index >= 15 is 0 Å². The number of fused-ring (bicyclic) bond motifs is 1. The first-order chi connectivity index (χ1) is 11.8. The standard InChI is InChI=1S/C19H28N2O3S/c1-14-11-17-8-4-5-9-18(17)21(14)19(22)15(2)20-10-6-7-16(12-20)13-25(3,23)24/h4-5,8-9,14-16H,6-7,10-13H2,1-3H3/t14-,15-,16-/m1/s1. The van der Waals surface area contributed by atoms with Gasteiger partial charge in [0.1, 0.15) is 9.84 Å². The summed E-state index contributed by atoms with van der Waals surface area (Å²) in [5.74, 6) is 0.465. The van der Waals surface area contributed by atoms with E-state index < -0.39 is 9.84 Å². The van der Waals surface area contributed by atoms with Crippen LogP contribution in [-0.2, 0) is 21.1 Å². The van der Waals surface area contributed by atoms with Crippen LogP contribution in [0.2, 0.25) is 0 Å². The quantitative estimate of drug-likeness (QED) is 0.821. The lowest BCUT2D eigenvalue weighted by Gasteiger charge is -2.38. The van der Waals surface area contributed by atoms with Crippen molar-refractivity contribution in [2.75, 3.05) is 30.0 Å². The van der Waals surface area contributed by atoms with E-state index in [-0.39, 0.29) is 29.7 Å². The number of hydrogen-bond acceptors (Lipinski definition) is 4. The van der Waals surface area contributed by atoms with E-state index in [1.807, 2.05) is 30.0 Å². The average Bonchev–Trinajstić information content (AvgIpc) is 2.88. The molecule has 2 heterocycles. The minimum absolute atomic E-state index is 0.123. The van der Waals surface area contributed by atoms with Crippen molar-refractivity contribution in [2.45, 2.75) is 45.2 Å². The fourth-order valence-electron chi connectivity index (χ4n) is 4.27. The Bertz CT molecular complexity index is 747. The van der Waals surface area contributed by atoms with Gasteiger partial charge in [0.15, 0.2) is 0 Å². The lowest BCUT2D eigenvalue weighted by molar-refractivity contribution is -0.124. The molecule has 0 saturated carbocycles. The number of likely N-dealkylation sites (tertiary alicyclic amines) is 1. The van der Waals surface area contributed by atoms with E-state index in [0.717, 1.165) is 31.5 Å². The van der Waals surface area contributed by atoms with E-state index in [2.05, 4.69) is 17.9 Å². The molecule has 2 aliphatic rings. The Balaban J connectivity index is 1.72. The average molecular weight is 365 g/mol. The molecule has 1 aromatic carbocycles. The summed E-state index contributed by atoms with van der Waals surface area (Å²) in [4.78, 5) is 17.3. The number of carbonyl (C=O) groups excluding carboxylic acids is 1. The summed E-state index contributed by atoms with van der Waals surface area (Å²) in [6, 6.07) is 8.05. The fraction of sp³-hybridized carbons (Fsp3) is 0.632. The van der Waals surface area contributed by atoms with Crippen molar-refractivity contribution in [3.05, 3.63) is 29.8 Å². The molecule has 0 radical (unpaired) electrons. The van der Waals surface area contributed by atoms with E-state index in [0.29, 0.717) is 6.54 Å². The van der Waals surface area contributed by atoms with E-state index in [9.17, 15) is 13.2 Å². The minimum Gasteiger partial charge on any atom is -0.308 e. The molecule has 0 N–H and O–H groups in total. The number of carbonyl (C=O) groups is 1. The lowest BCUT2D eigenvalue weighted by Crippen LogP contribution is -2.52. The number of piperidine rings is 1. The highest BCUT2D eigenvalue weighted by Crippen LogP contribution is 2.33. The minimum atomic E-state index is -2.98. The van der Waals surface area contributed by atoms with Gasteiger partial charge in [-0.25, -0.2) is 8.42 Å². The summed E-state index contributed by atoms with van der Waals surface area (Å²) in [5, 5.41) is 0. The Kier molecular flexibility index (Phi) is 5.21. The highest BCUT2D eigenvalue weighted by molar-refractivity contribution is 7.90. The van der Waals surface area contributed by atoms with Gasteiger partial charge in [0.25, 0.3) is 0 Å². The highest BCUT2D eigenvalue weighted by atomic mass is 32.2. The smallest absolute Gasteiger partial charge is 0.244 e. The van der Waals surface area contributed by atoms with Gasteiger partial charge in [0, 0.05) is 24.5 Å². The van der Waals surface area contributed by atoms with Crippen molar-refractivity contribution in [2.24, 2.45) is 5.92 Å². The molecular formula is C19H28N2O3S.